The van der Waals surface area contributed by atoms with E-state index in [4.69, 9.17) is 5.11 Å². The van der Waals surface area contributed by atoms with Crippen LogP contribution in [0, 0.1) is 5.92 Å². The Morgan fingerprint density at radius 3 is 2.62 bits per heavy atom. The van der Waals surface area contributed by atoms with Gasteiger partial charge in [-0.2, -0.15) is 0 Å². The normalized spacial score (nSPS) is 12.5. The Balaban J connectivity index is 2.38. The number of urea groups is 1. The van der Waals surface area contributed by atoms with Gasteiger partial charge in [-0.1, -0.05) is 27.7 Å². The number of hydrogen-bond acceptors (Lipinski definition) is 4. The number of carboxylic acids is 1. The maximum atomic E-state index is 11.9. The summed E-state index contributed by atoms with van der Waals surface area (Å²) in [4.78, 5) is 32.9. The summed E-state index contributed by atoms with van der Waals surface area (Å²) in [6, 6.07) is 1.62. The smallest absolute Gasteiger partial charge is 0.317 e. The molecule has 24 heavy (non-hydrogen) atoms. The van der Waals surface area contributed by atoms with Crippen molar-refractivity contribution in [3.8, 4) is 0 Å². The van der Waals surface area contributed by atoms with E-state index in [0.717, 1.165) is 24.4 Å². The average molecular weight is 336 g/mol. The molecule has 134 valence electrons. The van der Waals surface area contributed by atoms with E-state index in [1.807, 2.05) is 6.07 Å². The molecule has 0 saturated carbocycles. The van der Waals surface area contributed by atoms with E-state index in [2.05, 4.69) is 36.1 Å². The van der Waals surface area contributed by atoms with Gasteiger partial charge >= 0.3 is 12.0 Å². The minimum Gasteiger partial charge on any atom is -0.481 e. The topological polar surface area (TPSA) is 95.4 Å². The van der Waals surface area contributed by atoms with Crippen molar-refractivity contribution in [2.75, 3.05) is 20.1 Å². The third-order valence-electron chi connectivity index (χ3n) is 3.59. The van der Waals surface area contributed by atoms with Crippen LogP contribution < -0.4 is 5.32 Å². The summed E-state index contributed by atoms with van der Waals surface area (Å²) in [7, 11) is 1.59. The molecule has 0 fully saturated rings. The Bertz CT molecular complexity index is 569. The highest BCUT2D eigenvalue weighted by atomic mass is 16.4. The number of rotatable bonds is 7. The lowest BCUT2D eigenvalue weighted by molar-refractivity contribution is -0.141. The molecule has 2 amide bonds. The second-order valence-electron chi connectivity index (χ2n) is 7.08. The number of aromatic nitrogens is 2. The summed E-state index contributed by atoms with van der Waals surface area (Å²) in [5, 5.41) is 11.7. The van der Waals surface area contributed by atoms with Gasteiger partial charge in [0, 0.05) is 37.4 Å². The fourth-order valence-corrected chi connectivity index (χ4v) is 2.07. The van der Waals surface area contributed by atoms with Crippen LogP contribution in [0.5, 0.6) is 0 Å². The van der Waals surface area contributed by atoms with Crippen LogP contribution in [-0.4, -0.2) is 52.1 Å². The van der Waals surface area contributed by atoms with Gasteiger partial charge < -0.3 is 15.3 Å². The average Bonchev–Trinajstić information content (AvgIpc) is 2.50. The Labute approximate surface area is 143 Å². The lowest BCUT2D eigenvalue weighted by atomic mass is 9.95. The van der Waals surface area contributed by atoms with Crippen molar-refractivity contribution in [3.63, 3.8) is 0 Å². The Morgan fingerprint density at radius 1 is 1.38 bits per heavy atom. The number of nitrogens with zero attached hydrogens (tertiary/aromatic N) is 3. The fraction of sp³-hybridized carbons (Fsp3) is 0.647. The highest BCUT2D eigenvalue weighted by Crippen LogP contribution is 2.17. The largest absolute Gasteiger partial charge is 0.481 e. The van der Waals surface area contributed by atoms with Crippen molar-refractivity contribution < 1.29 is 14.7 Å². The highest BCUT2D eigenvalue weighted by molar-refractivity contribution is 5.75. The molecule has 0 bridgehead atoms. The van der Waals surface area contributed by atoms with Crippen LogP contribution in [0.15, 0.2) is 12.3 Å². The van der Waals surface area contributed by atoms with Crippen molar-refractivity contribution in [1.82, 2.24) is 20.2 Å². The number of nitrogens with one attached hydrogen (secondary N) is 1. The molecule has 0 saturated heterocycles. The first-order chi connectivity index (χ1) is 11.1. The van der Waals surface area contributed by atoms with Crippen molar-refractivity contribution in [2.24, 2.45) is 5.92 Å². The zero-order valence-corrected chi connectivity index (χ0v) is 15.2. The molecule has 7 nitrogen and oxygen atoms in total. The van der Waals surface area contributed by atoms with Crippen LogP contribution in [-0.2, 0) is 16.6 Å². The predicted molar refractivity (Wildman–Crippen MR) is 91.9 cm³/mol. The van der Waals surface area contributed by atoms with Gasteiger partial charge in [0.05, 0.1) is 5.92 Å². The highest BCUT2D eigenvalue weighted by Gasteiger charge is 2.18. The number of amides is 2. The molecule has 0 aromatic carbocycles. The van der Waals surface area contributed by atoms with Gasteiger partial charge in [0.2, 0.25) is 0 Å². The Morgan fingerprint density at radius 2 is 2.04 bits per heavy atom. The minimum absolute atomic E-state index is 0.0895. The molecule has 1 aromatic rings. The van der Waals surface area contributed by atoms with E-state index in [9.17, 15) is 9.59 Å². The number of aryl methyl sites for hydroxylation is 1. The molecule has 1 rings (SSSR count). The predicted octanol–water partition coefficient (Wildman–Crippen LogP) is 2.07. The quantitative estimate of drug-likeness (QED) is 0.743. The maximum absolute atomic E-state index is 11.9. The molecule has 2 N–H and O–H groups in total. The van der Waals surface area contributed by atoms with Crippen LogP contribution in [0.1, 0.15) is 45.6 Å². The SMILES string of the molecule is CC(CN(C)C(=O)NCCCc1ccnc(C(C)(C)C)n1)C(=O)O. The van der Waals surface area contributed by atoms with Crippen molar-refractivity contribution in [3.05, 3.63) is 23.8 Å². The van der Waals surface area contributed by atoms with Gasteiger partial charge in [0.25, 0.3) is 0 Å². The fourth-order valence-electron chi connectivity index (χ4n) is 2.07. The van der Waals surface area contributed by atoms with E-state index in [-0.39, 0.29) is 18.0 Å². The number of carboxylic acid groups (broad SMARTS) is 1. The first kappa shape index (κ1) is 19.9. The molecule has 0 aliphatic carbocycles. The first-order valence-corrected chi connectivity index (χ1v) is 8.15. The van der Waals surface area contributed by atoms with E-state index in [0.29, 0.717) is 6.54 Å². The molecule has 1 aromatic heterocycles. The van der Waals surface area contributed by atoms with Gasteiger partial charge in [-0.15, -0.1) is 0 Å². The van der Waals surface area contributed by atoms with Gasteiger partial charge in [-0.3, -0.25) is 4.79 Å². The summed E-state index contributed by atoms with van der Waals surface area (Å²) in [6.07, 6.45) is 3.28. The maximum Gasteiger partial charge on any atom is 0.317 e. The third kappa shape index (κ3) is 6.52. The second kappa shape index (κ2) is 8.61. The summed E-state index contributed by atoms with van der Waals surface area (Å²) < 4.78 is 0. The molecule has 0 radical (unpaired) electrons. The zero-order valence-electron chi connectivity index (χ0n) is 15.2. The Kier molecular flexibility index (Phi) is 7.13. The van der Waals surface area contributed by atoms with E-state index < -0.39 is 11.9 Å². The summed E-state index contributed by atoms with van der Waals surface area (Å²) in [5.41, 5.74) is 0.866. The summed E-state index contributed by atoms with van der Waals surface area (Å²) >= 11 is 0. The van der Waals surface area contributed by atoms with Gasteiger partial charge in [-0.25, -0.2) is 14.8 Å². The molecular formula is C17H28N4O3. The lowest BCUT2D eigenvalue weighted by Gasteiger charge is -2.20. The molecule has 1 heterocycles. The molecule has 1 atom stereocenters. The van der Waals surface area contributed by atoms with E-state index in [1.54, 1.807) is 20.2 Å². The molecule has 0 aliphatic heterocycles. The van der Waals surface area contributed by atoms with Crippen molar-refractivity contribution in [1.29, 1.82) is 0 Å². The number of aliphatic carboxylic acids is 1. The number of carbonyl (C=O) groups is 2. The molecule has 1 unspecified atom stereocenters. The summed E-state index contributed by atoms with van der Waals surface area (Å²) in [5.74, 6) is -0.683. The molecule has 0 aliphatic rings. The Hall–Kier alpha value is -2.18. The van der Waals surface area contributed by atoms with Crippen LogP contribution in [0.3, 0.4) is 0 Å². The number of hydrogen-bond donors (Lipinski definition) is 2. The van der Waals surface area contributed by atoms with E-state index in [1.165, 1.54) is 4.90 Å². The monoisotopic (exact) mass is 336 g/mol. The van der Waals surface area contributed by atoms with Crippen LogP contribution in [0.4, 0.5) is 4.79 Å². The van der Waals surface area contributed by atoms with Gasteiger partial charge in [-0.05, 0) is 18.9 Å². The van der Waals surface area contributed by atoms with Crippen LogP contribution in [0.2, 0.25) is 0 Å². The number of carbonyl (C=O) groups excluding carboxylic acids is 1. The summed E-state index contributed by atoms with van der Waals surface area (Å²) in [6.45, 7) is 8.48. The van der Waals surface area contributed by atoms with Gasteiger partial charge in [0.15, 0.2) is 0 Å². The standard InChI is InChI=1S/C17H28N4O3/c1-12(14(22)23)11-21(5)16(24)19-9-6-7-13-8-10-18-15(20-13)17(2,3)4/h8,10,12H,6-7,9,11H2,1-5H3,(H,19,24)(H,22,23). The zero-order chi connectivity index (χ0) is 18.3. The van der Waals surface area contributed by atoms with Crippen LogP contribution >= 0.6 is 0 Å². The van der Waals surface area contributed by atoms with E-state index >= 15 is 0 Å². The molecule has 0 spiro atoms. The third-order valence-corrected chi connectivity index (χ3v) is 3.59. The van der Waals surface area contributed by atoms with Crippen LogP contribution in [0.25, 0.3) is 0 Å². The molecule has 7 heteroatoms. The van der Waals surface area contributed by atoms with Crippen molar-refractivity contribution >= 4 is 12.0 Å². The molecular weight excluding hydrogens is 308 g/mol. The second-order valence-corrected chi connectivity index (χ2v) is 7.08. The van der Waals surface area contributed by atoms with Gasteiger partial charge in [0.1, 0.15) is 5.82 Å². The van der Waals surface area contributed by atoms with Crippen molar-refractivity contribution in [2.45, 2.75) is 46.0 Å². The first-order valence-electron chi connectivity index (χ1n) is 8.15. The minimum atomic E-state index is -0.909. The lowest BCUT2D eigenvalue weighted by Crippen LogP contribution is -2.41.